The molecule has 2 saturated carbocycles. The maximum Gasteiger partial charge on any atom is 0.229 e. The van der Waals surface area contributed by atoms with Crippen LogP contribution in [0.25, 0.3) is 0 Å². The first-order valence-corrected chi connectivity index (χ1v) is 8.89. The molecule has 5 heteroatoms. The number of nitrogens with zero attached hydrogens (tertiary/aromatic N) is 1. The third-order valence-electron chi connectivity index (χ3n) is 4.69. The molecular formula is C16H24N2O2S. The Hall–Kier alpha value is -0.940. The molecule has 116 valence electrons. The third-order valence-corrected chi connectivity index (χ3v) is 5.87. The molecule has 2 aliphatic carbocycles. The minimum atomic E-state index is 0.147. The summed E-state index contributed by atoms with van der Waals surface area (Å²) in [5, 5.41) is 3.78. The summed E-state index contributed by atoms with van der Waals surface area (Å²) in [6, 6.07) is 0. The highest BCUT2D eigenvalue weighted by atomic mass is 32.1. The van der Waals surface area contributed by atoms with E-state index in [0.717, 1.165) is 23.7 Å². The predicted octanol–water partition coefficient (Wildman–Crippen LogP) is 4.08. The van der Waals surface area contributed by atoms with Gasteiger partial charge in [0.05, 0.1) is 12.3 Å². The number of nitrogens with one attached hydrogen (secondary N) is 1. The van der Waals surface area contributed by atoms with Gasteiger partial charge in [0, 0.05) is 17.9 Å². The highest BCUT2D eigenvalue weighted by molar-refractivity contribution is 7.16. The molecular weight excluding hydrogens is 284 g/mol. The van der Waals surface area contributed by atoms with Gasteiger partial charge in [0.25, 0.3) is 0 Å². The molecule has 1 aromatic heterocycles. The average Bonchev–Trinajstić information content (AvgIpc) is 2.81. The monoisotopic (exact) mass is 308 g/mol. The van der Waals surface area contributed by atoms with Gasteiger partial charge >= 0.3 is 0 Å². The summed E-state index contributed by atoms with van der Waals surface area (Å²) in [6.45, 7) is 0.543. The van der Waals surface area contributed by atoms with Crippen LogP contribution in [-0.2, 0) is 16.1 Å². The molecule has 1 aromatic rings. The number of carbonyl (C=O) groups is 1. The van der Waals surface area contributed by atoms with Crippen LogP contribution >= 0.6 is 11.3 Å². The lowest BCUT2D eigenvalue weighted by molar-refractivity contribution is -0.122. The topological polar surface area (TPSA) is 51.2 Å². The quantitative estimate of drug-likeness (QED) is 0.892. The van der Waals surface area contributed by atoms with Crippen LogP contribution in [0, 0.1) is 5.92 Å². The van der Waals surface area contributed by atoms with Crippen LogP contribution < -0.4 is 5.32 Å². The van der Waals surface area contributed by atoms with Crippen molar-refractivity contribution < 1.29 is 9.53 Å². The fourth-order valence-electron chi connectivity index (χ4n) is 3.22. The zero-order valence-electron chi connectivity index (χ0n) is 12.7. The van der Waals surface area contributed by atoms with Gasteiger partial charge in [-0.3, -0.25) is 4.79 Å². The van der Waals surface area contributed by atoms with Gasteiger partial charge < -0.3 is 10.1 Å². The molecule has 0 aromatic carbocycles. The molecule has 0 radical (unpaired) electrons. The van der Waals surface area contributed by atoms with Gasteiger partial charge in [0.1, 0.15) is 0 Å². The van der Waals surface area contributed by atoms with Gasteiger partial charge in [-0.2, -0.15) is 0 Å². The molecule has 1 amide bonds. The summed E-state index contributed by atoms with van der Waals surface area (Å²) < 4.78 is 5.29. The number of anilines is 1. The van der Waals surface area contributed by atoms with Crippen LogP contribution in [0.4, 0.5) is 5.13 Å². The summed E-state index contributed by atoms with van der Waals surface area (Å²) in [5.74, 6) is 0.961. The summed E-state index contributed by atoms with van der Waals surface area (Å²) in [4.78, 5) is 18.0. The fourth-order valence-corrected chi connectivity index (χ4v) is 4.36. The number of thiazole rings is 1. The van der Waals surface area contributed by atoms with Gasteiger partial charge in [-0.1, -0.05) is 25.7 Å². The second-order valence-electron chi connectivity index (χ2n) is 6.21. The number of rotatable bonds is 5. The zero-order valence-corrected chi connectivity index (χ0v) is 13.5. The van der Waals surface area contributed by atoms with Crippen molar-refractivity contribution in [2.45, 2.75) is 63.9 Å². The molecule has 4 nitrogen and oxygen atoms in total. The summed E-state index contributed by atoms with van der Waals surface area (Å²) in [7, 11) is 1.70. The summed E-state index contributed by atoms with van der Waals surface area (Å²) >= 11 is 1.66. The van der Waals surface area contributed by atoms with Gasteiger partial charge in [0.2, 0.25) is 5.91 Å². The number of hydrogen-bond acceptors (Lipinski definition) is 4. The second-order valence-corrected chi connectivity index (χ2v) is 7.25. The molecule has 0 unspecified atom stereocenters. The van der Waals surface area contributed by atoms with Gasteiger partial charge in [-0.05, 0) is 31.6 Å². The van der Waals surface area contributed by atoms with Crippen LogP contribution in [0.15, 0.2) is 0 Å². The molecule has 21 heavy (non-hydrogen) atoms. The van der Waals surface area contributed by atoms with E-state index in [2.05, 4.69) is 10.3 Å². The normalized spacial score (nSPS) is 20.2. The molecule has 1 heterocycles. The Labute approximate surface area is 130 Å². The van der Waals surface area contributed by atoms with E-state index >= 15 is 0 Å². The first-order valence-electron chi connectivity index (χ1n) is 8.07. The van der Waals surface area contributed by atoms with Crippen molar-refractivity contribution in [3.8, 4) is 0 Å². The Balaban J connectivity index is 1.73. The standard InChI is InChI=1S/C16H24N2O2S/c1-20-10-13-14(11-6-3-2-4-7-11)21-16(17-13)18-15(19)12-8-5-9-12/h11-12H,2-10H2,1H3,(H,17,18,19). The first-order chi connectivity index (χ1) is 10.3. The van der Waals surface area contributed by atoms with Crippen molar-refractivity contribution in [3.63, 3.8) is 0 Å². The van der Waals surface area contributed by atoms with Crippen LogP contribution in [0.1, 0.15) is 67.9 Å². The highest BCUT2D eigenvalue weighted by Crippen LogP contribution is 2.39. The molecule has 0 spiro atoms. The number of carbonyl (C=O) groups excluding carboxylic acids is 1. The van der Waals surface area contributed by atoms with Crippen molar-refractivity contribution in [1.82, 2.24) is 4.98 Å². The molecule has 0 atom stereocenters. The molecule has 0 bridgehead atoms. The molecule has 1 N–H and O–H groups in total. The van der Waals surface area contributed by atoms with E-state index in [4.69, 9.17) is 4.74 Å². The number of amides is 1. The minimum absolute atomic E-state index is 0.147. The van der Waals surface area contributed by atoms with Crippen LogP contribution in [0.5, 0.6) is 0 Å². The average molecular weight is 308 g/mol. The van der Waals surface area contributed by atoms with Gasteiger partial charge in [-0.15, -0.1) is 11.3 Å². The highest BCUT2D eigenvalue weighted by Gasteiger charge is 2.27. The summed E-state index contributed by atoms with van der Waals surface area (Å²) in [6.07, 6.45) is 9.68. The largest absolute Gasteiger partial charge is 0.378 e. The Morgan fingerprint density at radius 3 is 2.62 bits per heavy atom. The van der Waals surface area contributed by atoms with Gasteiger partial charge in [0.15, 0.2) is 5.13 Å². The molecule has 3 rings (SSSR count). The van der Waals surface area contributed by atoms with E-state index in [1.54, 1.807) is 18.4 Å². The Bertz CT molecular complexity index is 490. The van der Waals surface area contributed by atoms with Crippen LogP contribution in [0.2, 0.25) is 0 Å². The molecule has 2 fully saturated rings. The molecule has 0 saturated heterocycles. The summed E-state index contributed by atoms with van der Waals surface area (Å²) in [5.41, 5.74) is 1.03. The lowest BCUT2D eigenvalue weighted by Crippen LogP contribution is -2.27. The van der Waals surface area contributed by atoms with E-state index in [-0.39, 0.29) is 11.8 Å². The van der Waals surface area contributed by atoms with Crippen LogP contribution in [0.3, 0.4) is 0 Å². The number of ether oxygens (including phenoxy) is 1. The van der Waals surface area contributed by atoms with E-state index in [9.17, 15) is 4.79 Å². The van der Waals surface area contributed by atoms with Crippen molar-refractivity contribution in [2.24, 2.45) is 5.92 Å². The number of aromatic nitrogens is 1. The molecule has 0 aliphatic heterocycles. The Morgan fingerprint density at radius 1 is 1.24 bits per heavy atom. The Morgan fingerprint density at radius 2 is 2.00 bits per heavy atom. The maximum atomic E-state index is 12.1. The van der Waals surface area contributed by atoms with Crippen molar-refractivity contribution in [1.29, 1.82) is 0 Å². The molecule has 2 aliphatic rings. The maximum absolute atomic E-state index is 12.1. The van der Waals surface area contributed by atoms with Crippen molar-refractivity contribution in [2.75, 3.05) is 12.4 Å². The van der Waals surface area contributed by atoms with E-state index in [1.165, 1.54) is 43.4 Å². The Kier molecular flexibility index (Phi) is 4.91. The van der Waals surface area contributed by atoms with Crippen molar-refractivity contribution >= 4 is 22.4 Å². The van der Waals surface area contributed by atoms with E-state index in [1.807, 2.05) is 0 Å². The lowest BCUT2D eigenvalue weighted by atomic mass is 9.85. The van der Waals surface area contributed by atoms with Gasteiger partial charge in [-0.25, -0.2) is 4.98 Å². The minimum Gasteiger partial charge on any atom is -0.378 e. The third kappa shape index (κ3) is 3.46. The smallest absolute Gasteiger partial charge is 0.229 e. The number of methoxy groups -OCH3 is 1. The lowest BCUT2D eigenvalue weighted by Gasteiger charge is -2.23. The van der Waals surface area contributed by atoms with E-state index in [0.29, 0.717) is 12.5 Å². The van der Waals surface area contributed by atoms with Crippen molar-refractivity contribution in [3.05, 3.63) is 10.6 Å². The first kappa shape index (κ1) is 15.0. The fraction of sp³-hybridized carbons (Fsp3) is 0.750. The van der Waals surface area contributed by atoms with E-state index < -0.39 is 0 Å². The SMILES string of the molecule is COCc1nc(NC(=O)C2CCC2)sc1C1CCCCC1. The number of hydrogen-bond donors (Lipinski definition) is 1. The predicted molar refractivity (Wildman–Crippen MR) is 84.6 cm³/mol. The van der Waals surface area contributed by atoms with Crippen LogP contribution in [-0.4, -0.2) is 18.0 Å². The zero-order chi connectivity index (χ0) is 14.7. The second kappa shape index (κ2) is 6.88.